The minimum absolute atomic E-state index is 0.137. The molecule has 0 bridgehead atoms. The molecule has 4 aromatic rings. The molecule has 0 saturated carbocycles. The van der Waals surface area contributed by atoms with Gasteiger partial charge in [0.1, 0.15) is 11.6 Å². The summed E-state index contributed by atoms with van der Waals surface area (Å²) in [5, 5.41) is 5.15. The van der Waals surface area contributed by atoms with E-state index in [1.165, 1.54) is 0 Å². The van der Waals surface area contributed by atoms with Crippen LogP contribution in [0.1, 0.15) is 67.7 Å². The first kappa shape index (κ1) is 23.4. The number of hydrogen-bond acceptors (Lipinski definition) is 4. The zero-order chi connectivity index (χ0) is 23.8. The van der Waals surface area contributed by atoms with E-state index in [-0.39, 0.29) is 11.9 Å². The molecule has 0 radical (unpaired) electrons. The van der Waals surface area contributed by atoms with Crippen LogP contribution in [-0.4, -0.2) is 26.6 Å². The fourth-order valence-electron chi connectivity index (χ4n) is 4.05. The zero-order valence-corrected chi connectivity index (χ0v) is 19.5. The normalized spacial score (nSPS) is 11.9. The van der Waals surface area contributed by atoms with Gasteiger partial charge in [-0.3, -0.25) is 14.6 Å². The Labute approximate surface area is 199 Å². The first-order valence-corrected chi connectivity index (χ1v) is 11.9. The number of hydrogen-bond donors (Lipinski definition) is 2. The number of Topliss-reactive ketones (excluding diaryl/α,β-unsaturated/α-hetero) is 1. The summed E-state index contributed by atoms with van der Waals surface area (Å²) in [5.74, 6) is 0.902. The third-order valence-electron chi connectivity index (χ3n) is 6.06. The second-order valence-electron chi connectivity index (χ2n) is 8.50. The van der Waals surface area contributed by atoms with Crippen molar-refractivity contribution < 1.29 is 9.59 Å². The van der Waals surface area contributed by atoms with E-state index in [0.29, 0.717) is 24.2 Å². The summed E-state index contributed by atoms with van der Waals surface area (Å²) in [6.45, 7) is 1.90. The van der Waals surface area contributed by atoms with Crippen LogP contribution >= 0.6 is 0 Å². The zero-order valence-electron chi connectivity index (χ0n) is 19.5. The van der Waals surface area contributed by atoms with Gasteiger partial charge in [-0.25, -0.2) is 4.98 Å². The van der Waals surface area contributed by atoms with E-state index in [2.05, 4.69) is 20.3 Å². The third kappa shape index (κ3) is 5.95. The van der Waals surface area contributed by atoms with Crippen LogP contribution in [0.25, 0.3) is 22.0 Å². The molecule has 0 aliphatic carbocycles. The molecular formula is C28H30N4O2. The number of pyridine rings is 1. The van der Waals surface area contributed by atoms with Gasteiger partial charge in [0.2, 0.25) is 0 Å². The van der Waals surface area contributed by atoms with Crippen molar-refractivity contribution in [2.75, 3.05) is 0 Å². The largest absolute Gasteiger partial charge is 0.342 e. The lowest BCUT2D eigenvalue weighted by atomic mass is 10.0. The van der Waals surface area contributed by atoms with Gasteiger partial charge in [0.05, 0.1) is 17.9 Å². The number of amides is 1. The highest BCUT2D eigenvalue weighted by atomic mass is 16.1. The predicted molar refractivity (Wildman–Crippen MR) is 134 cm³/mol. The van der Waals surface area contributed by atoms with Crippen LogP contribution in [-0.2, 0) is 4.79 Å². The number of nitrogens with one attached hydrogen (secondary N) is 2. The molecule has 174 valence electrons. The van der Waals surface area contributed by atoms with Crippen molar-refractivity contribution in [1.29, 1.82) is 0 Å². The Morgan fingerprint density at radius 2 is 1.82 bits per heavy atom. The van der Waals surface area contributed by atoms with E-state index < -0.39 is 0 Å². The Hall–Kier alpha value is -3.80. The third-order valence-corrected chi connectivity index (χ3v) is 6.06. The van der Waals surface area contributed by atoms with Gasteiger partial charge in [0.25, 0.3) is 5.91 Å². The maximum absolute atomic E-state index is 13.2. The molecule has 2 aromatic carbocycles. The number of benzene rings is 2. The van der Waals surface area contributed by atoms with Gasteiger partial charge in [0.15, 0.2) is 0 Å². The SMILES string of the molecule is CCC(=O)CCCCC[C@H](NC(=O)c1ccc2cnccc2c1)c1ncc(-c2ccccc2)[nH]1. The van der Waals surface area contributed by atoms with Crippen LogP contribution in [0.3, 0.4) is 0 Å². The minimum atomic E-state index is -0.250. The molecule has 6 heteroatoms. The van der Waals surface area contributed by atoms with Crippen LogP contribution in [0.5, 0.6) is 0 Å². The Morgan fingerprint density at radius 3 is 2.65 bits per heavy atom. The fraction of sp³-hybridized carbons (Fsp3) is 0.286. The summed E-state index contributed by atoms with van der Waals surface area (Å²) >= 11 is 0. The molecule has 6 nitrogen and oxygen atoms in total. The van der Waals surface area contributed by atoms with Crippen molar-refractivity contribution in [2.24, 2.45) is 0 Å². The van der Waals surface area contributed by atoms with Crippen molar-refractivity contribution in [3.8, 4) is 11.3 Å². The molecule has 1 amide bonds. The highest BCUT2D eigenvalue weighted by Gasteiger charge is 2.19. The van der Waals surface area contributed by atoms with Gasteiger partial charge in [-0.15, -0.1) is 0 Å². The average Bonchev–Trinajstić information content (AvgIpc) is 3.38. The molecule has 0 fully saturated rings. The van der Waals surface area contributed by atoms with Crippen LogP contribution in [0, 0.1) is 0 Å². The molecular weight excluding hydrogens is 424 g/mol. The lowest BCUT2D eigenvalue weighted by molar-refractivity contribution is -0.118. The van der Waals surface area contributed by atoms with Gasteiger partial charge in [-0.1, -0.05) is 56.2 Å². The Kier molecular flexibility index (Phi) is 7.81. The summed E-state index contributed by atoms with van der Waals surface area (Å²) in [7, 11) is 0. The number of fused-ring (bicyclic) bond motifs is 1. The van der Waals surface area contributed by atoms with Crippen molar-refractivity contribution in [3.63, 3.8) is 0 Å². The van der Waals surface area contributed by atoms with E-state index in [0.717, 1.165) is 53.5 Å². The standard InChI is InChI=1S/C28H30N4O2/c1-2-24(33)11-7-4-8-12-25(27-30-19-26(31-27)20-9-5-3-6-10-20)32-28(34)22-13-14-23-18-29-16-15-21(23)17-22/h3,5-6,9-10,13-19,25H,2,4,7-8,11-12H2,1H3,(H,30,31)(H,32,34)/t25-/m0/s1. The Morgan fingerprint density at radius 1 is 0.971 bits per heavy atom. The van der Waals surface area contributed by atoms with Gasteiger partial charge in [-0.05, 0) is 42.0 Å². The fourth-order valence-corrected chi connectivity index (χ4v) is 4.05. The van der Waals surface area contributed by atoms with Gasteiger partial charge >= 0.3 is 0 Å². The second-order valence-corrected chi connectivity index (χ2v) is 8.50. The molecule has 0 unspecified atom stereocenters. The quantitative estimate of drug-likeness (QED) is 0.271. The monoisotopic (exact) mass is 454 g/mol. The van der Waals surface area contributed by atoms with E-state index in [1.54, 1.807) is 12.4 Å². The average molecular weight is 455 g/mol. The van der Waals surface area contributed by atoms with Crippen LogP contribution in [0.15, 0.2) is 73.2 Å². The van der Waals surface area contributed by atoms with Crippen LogP contribution in [0.2, 0.25) is 0 Å². The molecule has 0 spiro atoms. The number of rotatable bonds is 11. The van der Waals surface area contributed by atoms with Crippen LogP contribution < -0.4 is 5.32 Å². The summed E-state index contributed by atoms with van der Waals surface area (Å²) in [4.78, 5) is 36.9. The molecule has 2 N–H and O–H groups in total. The molecule has 34 heavy (non-hydrogen) atoms. The number of imidazole rings is 1. The van der Waals surface area contributed by atoms with E-state index in [9.17, 15) is 9.59 Å². The molecule has 0 aliphatic heterocycles. The second kappa shape index (κ2) is 11.4. The van der Waals surface area contributed by atoms with Gasteiger partial charge in [0, 0.05) is 36.2 Å². The Balaban J connectivity index is 1.49. The molecule has 4 rings (SSSR count). The summed E-state index contributed by atoms with van der Waals surface area (Å²) in [6, 6.07) is 17.3. The lowest BCUT2D eigenvalue weighted by Gasteiger charge is -2.17. The van der Waals surface area contributed by atoms with Gasteiger partial charge < -0.3 is 10.3 Å². The van der Waals surface area contributed by atoms with Crippen molar-refractivity contribution >= 4 is 22.5 Å². The summed E-state index contributed by atoms with van der Waals surface area (Å²) in [5.41, 5.74) is 2.57. The van der Waals surface area contributed by atoms with E-state index in [1.807, 2.05) is 67.7 Å². The van der Waals surface area contributed by atoms with Crippen molar-refractivity contribution in [3.05, 3.63) is 84.6 Å². The van der Waals surface area contributed by atoms with E-state index >= 15 is 0 Å². The number of H-pyrrole nitrogens is 1. The first-order valence-electron chi connectivity index (χ1n) is 11.9. The van der Waals surface area contributed by atoms with E-state index in [4.69, 9.17) is 0 Å². The highest BCUT2D eigenvalue weighted by molar-refractivity contribution is 5.98. The number of ketones is 1. The first-order chi connectivity index (χ1) is 16.6. The van der Waals surface area contributed by atoms with Crippen molar-refractivity contribution in [2.45, 2.75) is 51.5 Å². The number of carbonyl (C=O) groups is 2. The summed E-state index contributed by atoms with van der Waals surface area (Å²) in [6.07, 6.45) is 9.99. The van der Waals surface area contributed by atoms with Crippen LogP contribution in [0.4, 0.5) is 0 Å². The maximum atomic E-state index is 13.2. The predicted octanol–water partition coefficient (Wildman–Crippen LogP) is 6.03. The molecule has 2 heterocycles. The Bertz CT molecular complexity index is 1250. The lowest BCUT2D eigenvalue weighted by Crippen LogP contribution is -2.29. The number of nitrogens with zero attached hydrogens (tertiary/aromatic N) is 2. The maximum Gasteiger partial charge on any atom is 0.251 e. The minimum Gasteiger partial charge on any atom is -0.342 e. The van der Waals surface area contributed by atoms with Crippen molar-refractivity contribution in [1.82, 2.24) is 20.3 Å². The molecule has 2 aromatic heterocycles. The van der Waals surface area contributed by atoms with Gasteiger partial charge in [-0.2, -0.15) is 0 Å². The summed E-state index contributed by atoms with van der Waals surface area (Å²) < 4.78 is 0. The number of aromatic nitrogens is 3. The highest BCUT2D eigenvalue weighted by Crippen LogP contribution is 2.23. The molecule has 0 aliphatic rings. The smallest absolute Gasteiger partial charge is 0.251 e. The molecule has 0 saturated heterocycles. The topological polar surface area (TPSA) is 87.7 Å². The number of unbranched alkanes of at least 4 members (excludes halogenated alkanes) is 2. The molecule has 1 atom stereocenters. The number of carbonyl (C=O) groups excluding carboxylic acids is 2. The number of aromatic amines is 1.